The Morgan fingerprint density at radius 3 is 2.19 bits per heavy atom. The molecule has 4 rings (SSSR count). The summed E-state index contributed by atoms with van der Waals surface area (Å²) in [5.74, 6) is -0.621. The van der Waals surface area contributed by atoms with E-state index in [1.54, 1.807) is 24.1 Å². The number of amides is 3. The fraction of sp³-hybridized carbons (Fsp3) is 0.269. The fourth-order valence-corrected chi connectivity index (χ4v) is 4.13. The highest BCUT2D eigenvalue weighted by Gasteiger charge is 2.32. The molecule has 0 N–H and O–H groups in total. The molecule has 6 heteroatoms. The average Bonchev–Trinajstić information content (AvgIpc) is 2.82. The van der Waals surface area contributed by atoms with Crippen molar-refractivity contribution in [2.75, 3.05) is 26.8 Å². The summed E-state index contributed by atoms with van der Waals surface area (Å²) in [4.78, 5) is 41.9. The number of rotatable bonds is 9. The van der Waals surface area contributed by atoms with Crippen LogP contribution in [0.3, 0.4) is 0 Å². The van der Waals surface area contributed by atoms with E-state index >= 15 is 0 Å². The van der Waals surface area contributed by atoms with Crippen molar-refractivity contribution in [3.05, 3.63) is 83.4 Å². The summed E-state index contributed by atoms with van der Waals surface area (Å²) >= 11 is 0. The average molecular weight is 431 g/mol. The van der Waals surface area contributed by atoms with Crippen molar-refractivity contribution in [1.29, 1.82) is 0 Å². The zero-order valence-electron chi connectivity index (χ0n) is 18.1. The lowest BCUT2D eigenvalue weighted by Crippen LogP contribution is -2.41. The fourth-order valence-electron chi connectivity index (χ4n) is 4.13. The van der Waals surface area contributed by atoms with E-state index in [4.69, 9.17) is 4.74 Å². The zero-order valence-corrected chi connectivity index (χ0v) is 18.1. The van der Waals surface area contributed by atoms with Crippen molar-refractivity contribution in [3.8, 4) is 0 Å². The Hall–Kier alpha value is -3.51. The monoisotopic (exact) mass is 430 g/mol. The predicted molar refractivity (Wildman–Crippen MR) is 122 cm³/mol. The van der Waals surface area contributed by atoms with E-state index in [0.717, 1.165) is 10.9 Å². The number of hydrogen-bond acceptors (Lipinski definition) is 4. The first-order valence-corrected chi connectivity index (χ1v) is 10.8. The third-order valence-electron chi connectivity index (χ3n) is 5.76. The number of ether oxygens (including phenoxy) is 1. The van der Waals surface area contributed by atoms with Gasteiger partial charge in [0.15, 0.2) is 0 Å². The lowest BCUT2D eigenvalue weighted by molar-refractivity contribution is -0.132. The summed E-state index contributed by atoms with van der Waals surface area (Å²) in [6.07, 6.45) is 0.659. The first-order chi connectivity index (χ1) is 15.6. The van der Waals surface area contributed by atoms with Gasteiger partial charge in [-0.05, 0) is 29.5 Å². The summed E-state index contributed by atoms with van der Waals surface area (Å²) < 4.78 is 5.16. The maximum atomic E-state index is 13.0. The maximum absolute atomic E-state index is 13.0. The Morgan fingerprint density at radius 2 is 1.56 bits per heavy atom. The van der Waals surface area contributed by atoms with Gasteiger partial charge in [0, 0.05) is 49.7 Å². The molecule has 3 aromatic rings. The summed E-state index contributed by atoms with van der Waals surface area (Å²) in [5.41, 5.74) is 2.12. The number of benzene rings is 3. The minimum absolute atomic E-state index is 0.0229. The quantitative estimate of drug-likeness (QED) is 0.483. The van der Waals surface area contributed by atoms with Gasteiger partial charge in [-0.25, -0.2) is 0 Å². The number of carbonyl (C=O) groups is 3. The Kier molecular flexibility index (Phi) is 6.61. The highest BCUT2D eigenvalue weighted by Crippen LogP contribution is 2.30. The van der Waals surface area contributed by atoms with Crippen LogP contribution in [0.5, 0.6) is 0 Å². The molecular formula is C26H26N2O4. The molecule has 6 nitrogen and oxygen atoms in total. The molecular weight excluding hydrogens is 404 g/mol. The Morgan fingerprint density at radius 1 is 0.906 bits per heavy atom. The molecule has 0 aromatic heterocycles. The molecule has 3 aromatic carbocycles. The van der Waals surface area contributed by atoms with Crippen molar-refractivity contribution in [2.24, 2.45) is 0 Å². The first-order valence-electron chi connectivity index (χ1n) is 10.8. The minimum Gasteiger partial charge on any atom is -0.383 e. The molecule has 0 spiro atoms. The van der Waals surface area contributed by atoms with Crippen molar-refractivity contribution in [3.63, 3.8) is 0 Å². The molecule has 0 saturated carbocycles. The molecule has 164 valence electrons. The molecule has 1 heterocycles. The van der Waals surface area contributed by atoms with Crippen LogP contribution in [0.2, 0.25) is 0 Å². The van der Waals surface area contributed by atoms with E-state index in [9.17, 15) is 14.4 Å². The number of carbonyl (C=O) groups excluding carboxylic acids is 3. The van der Waals surface area contributed by atoms with Crippen LogP contribution < -0.4 is 0 Å². The van der Waals surface area contributed by atoms with Gasteiger partial charge in [0.1, 0.15) is 0 Å². The molecule has 32 heavy (non-hydrogen) atoms. The second kappa shape index (κ2) is 9.75. The minimum atomic E-state index is -0.299. The highest BCUT2D eigenvalue weighted by molar-refractivity contribution is 6.25. The largest absolute Gasteiger partial charge is 0.383 e. The lowest BCUT2D eigenvalue weighted by atomic mass is 9.94. The number of hydrogen-bond donors (Lipinski definition) is 0. The number of nitrogens with zero attached hydrogens (tertiary/aromatic N) is 2. The van der Waals surface area contributed by atoms with Crippen molar-refractivity contribution in [1.82, 2.24) is 9.80 Å². The number of methoxy groups -OCH3 is 1. The van der Waals surface area contributed by atoms with Gasteiger partial charge in [-0.3, -0.25) is 19.3 Å². The third-order valence-corrected chi connectivity index (χ3v) is 5.76. The van der Waals surface area contributed by atoms with Crippen molar-refractivity contribution >= 4 is 28.5 Å². The Bertz CT molecular complexity index is 1090. The standard InChI is InChI=1S/C26H26N2O4/c1-32-17-16-27(18-19-8-3-2-4-9-19)23(29)14-7-15-28-25(30)21-12-5-10-20-11-6-13-22(24(20)21)26(28)31/h2-6,8-13H,7,14-18H2,1H3. The van der Waals surface area contributed by atoms with Gasteiger partial charge < -0.3 is 9.64 Å². The maximum Gasteiger partial charge on any atom is 0.261 e. The molecule has 1 aliphatic rings. The molecule has 0 bridgehead atoms. The summed E-state index contributed by atoms with van der Waals surface area (Å²) in [6, 6.07) is 20.8. The van der Waals surface area contributed by atoms with Crippen LogP contribution >= 0.6 is 0 Å². The molecule has 3 amide bonds. The van der Waals surface area contributed by atoms with Crippen molar-refractivity contribution in [2.45, 2.75) is 19.4 Å². The lowest BCUT2D eigenvalue weighted by Gasteiger charge is -2.27. The highest BCUT2D eigenvalue weighted by atomic mass is 16.5. The Labute approximate surface area is 187 Å². The summed E-state index contributed by atoms with van der Waals surface area (Å²) in [7, 11) is 1.61. The van der Waals surface area contributed by atoms with Gasteiger partial charge in [0.25, 0.3) is 11.8 Å². The van der Waals surface area contributed by atoms with E-state index < -0.39 is 0 Å². The molecule has 0 atom stereocenters. The first kappa shape index (κ1) is 21.7. The van der Waals surface area contributed by atoms with Gasteiger partial charge in [-0.2, -0.15) is 0 Å². The third kappa shape index (κ3) is 4.41. The normalized spacial score (nSPS) is 13.0. The second-order valence-electron chi connectivity index (χ2n) is 7.87. The molecule has 1 aliphatic heterocycles. The molecule has 0 radical (unpaired) electrons. The van der Waals surface area contributed by atoms with Crippen LogP contribution in [-0.2, 0) is 16.1 Å². The van der Waals surface area contributed by atoms with E-state index in [1.165, 1.54) is 4.90 Å². The van der Waals surface area contributed by atoms with Crippen LogP contribution in [0.25, 0.3) is 10.8 Å². The van der Waals surface area contributed by atoms with Crippen molar-refractivity contribution < 1.29 is 19.1 Å². The molecule has 0 saturated heterocycles. The van der Waals surface area contributed by atoms with Gasteiger partial charge in [0.2, 0.25) is 5.91 Å². The zero-order chi connectivity index (χ0) is 22.5. The van der Waals surface area contributed by atoms with Gasteiger partial charge >= 0.3 is 0 Å². The van der Waals surface area contributed by atoms with Crippen LogP contribution in [-0.4, -0.2) is 54.3 Å². The molecule has 0 unspecified atom stereocenters. The van der Waals surface area contributed by atoms with Crippen LogP contribution in [0, 0.1) is 0 Å². The SMILES string of the molecule is COCCN(Cc1ccccc1)C(=O)CCCN1C(=O)c2cccc3cccc(c23)C1=O. The summed E-state index contributed by atoms with van der Waals surface area (Å²) in [6.45, 7) is 1.64. The van der Waals surface area contributed by atoms with Gasteiger partial charge in [-0.15, -0.1) is 0 Å². The Balaban J connectivity index is 1.42. The second-order valence-corrected chi connectivity index (χ2v) is 7.87. The van der Waals surface area contributed by atoms with Gasteiger partial charge in [0.05, 0.1) is 6.61 Å². The smallest absolute Gasteiger partial charge is 0.261 e. The van der Waals surface area contributed by atoms with E-state index in [2.05, 4.69) is 0 Å². The van der Waals surface area contributed by atoms with Crippen LogP contribution in [0.15, 0.2) is 66.7 Å². The van der Waals surface area contributed by atoms with E-state index in [0.29, 0.717) is 42.6 Å². The van der Waals surface area contributed by atoms with Gasteiger partial charge in [-0.1, -0.05) is 54.6 Å². The number of imide groups is 1. The van der Waals surface area contributed by atoms with Crippen LogP contribution in [0.4, 0.5) is 0 Å². The topological polar surface area (TPSA) is 66.9 Å². The van der Waals surface area contributed by atoms with E-state index in [-0.39, 0.29) is 30.7 Å². The molecule has 0 aliphatic carbocycles. The summed E-state index contributed by atoms with van der Waals surface area (Å²) in [5, 5.41) is 1.59. The predicted octanol–water partition coefficient (Wildman–Crippen LogP) is 3.89. The van der Waals surface area contributed by atoms with Crippen LogP contribution in [0.1, 0.15) is 39.1 Å². The van der Waals surface area contributed by atoms with E-state index in [1.807, 2.05) is 54.6 Å². The molecule has 0 fully saturated rings.